The zero-order chi connectivity index (χ0) is 26.2. The molecule has 0 aliphatic heterocycles. The van der Waals surface area contributed by atoms with E-state index in [0.717, 1.165) is 0 Å². The van der Waals surface area contributed by atoms with Crippen LogP contribution in [0, 0.1) is 16.7 Å². The number of halogens is 4. The number of hydrogen-bond acceptors (Lipinski definition) is 8. The number of nitrogens with two attached hydrogens (primary N) is 1. The summed E-state index contributed by atoms with van der Waals surface area (Å²) in [6.07, 6.45) is -0.534. The summed E-state index contributed by atoms with van der Waals surface area (Å²) in [4.78, 5) is 46.1. The molecule has 0 fully saturated rings. The number of rotatable bonds is 11. The lowest BCUT2D eigenvalue weighted by Gasteiger charge is -2.19. The van der Waals surface area contributed by atoms with E-state index in [0.29, 0.717) is 11.8 Å². The number of thioether (sulfide) groups is 1. The number of benzene rings is 1. The molecule has 0 aliphatic rings. The molecule has 1 aromatic rings. The number of hydrogen-bond donors (Lipinski definition) is 6. The van der Waals surface area contributed by atoms with Crippen LogP contribution in [0.15, 0.2) is 0 Å². The Bertz CT molecular complexity index is 1060. The Morgan fingerprint density at radius 2 is 1.71 bits per heavy atom. The minimum absolute atomic E-state index is 0.122. The number of nitrogens with zero attached hydrogens (tertiary/aromatic N) is 1. The van der Waals surface area contributed by atoms with Crippen LogP contribution in [-0.2, 0) is 19.2 Å². The molecule has 0 bridgehead atoms. The van der Waals surface area contributed by atoms with Gasteiger partial charge in [0.15, 0.2) is 0 Å². The molecule has 2 amide bonds. The highest BCUT2D eigenvalue weighted by atomic mass is 35.5. The van der Waals surface area contributed by atoms with Gasteiger partial charge in [0.1, 0.15) is 24.7 Å². The molecule has 0 saturated carbocycles. The number of nitriles is 1. The van der Waals surface area contributed by atoms with E-state index in [1.54, 1.807) is 6.07 Å². The third-order valence-corrected chi connectivity index (χ3v) is 6.76. The van der Waals surface area contributed by atoms with Crippen LogP contribution in [0.4, 0.5) is 0 Å². The fraction of sp³-hybridized carbons (Fsp3) is 0.333. The second-order valence-electron chi connectivity index (χ2n) is 6.47. The minimum Gasteiger partial charge on any atom is -0.480 e. The summed E-state index contributed by atoms with van der Waals surface area (Å²) in [7, 11) is 0. The summed E-state index contributed by atoms with van der Waals surface area (Å²) in [6, 6.07) is -0.863. The minimum atomic E-state index is -1.33. The highest BCUT2D eigenvalue weighted by molar-refractivity contribution is 8.14. The molecule has 16 heteroatoms. The van der Waals surface area contributed by atoms with Crippen molar-refractivity contribution in [3.63, 3.8) is 0 Å². The lowest BCUT2D eigenvalue weighted by Crippen LogP contribution is -2.49. The topological polar surface area (TPSA) is 206 Å². The Balaban J connectivity index is 3.05. The van der Waals surface area contributed by atoms with E-state index < -0.39 is 42.4 Å². The molecule has 7 N–H and O–H groups in total. The Morgan fingerprint density at radius 1 is 1.09 bits per heavy atom. The van der Waals surface area contributed by atoms with Gasteiger partial charge in [-0.1, -0.05) is 46.4 Å². The van der Waals surface area contributed by atoms with E-state index in [9.17, 15) is 24.4 Å². The van der Waals surface area contributed by atoms with Gasteiger partial charge in [-0.3, -0.25) is 24.6 Å². The normalized spacial score (nSPS) is 12.2. The van der Waals surface area contributed by atoms with Gasteiger partial charge in [-0.05, 0) is 6.42 Å². The van der Waals surface area contributed by atoms with Gasteiger partial charge in [-0.2, -0.15) is 5.26 Å². The van der Waals surface area contributed by atoms with Gasteiger partial charge in [-0.15, -0.1) is 11.8 Å². The monoisotopic (exact) mass is 571 g/mol. The van der Waals surface area contributed by atoms with Crippen LogP contribution in [0.1, 0.15) is 24.0 Å². The molecule has 0 spiro atoms. The summed E-state index contributed by atoms with van der Waals surface area (Å²) >= 11 is 24.9. The van der Waals surface area contributed by atoms with Crippen molar-refractivity contribution in [2.45, 2.75) is 24.9 Å². The number of amides is 2. The van der Waals surface area contributed by atoms with Crippen molar-refractivity contribution in [3.05, 3.63) is 31.2 Å². The van der Waals surface area contributed by atoms with Crippen LogP contribution >= 0.6 is 58.2 Å². The third kappa shape index (κ3) is 8.19. The van der Waals surface area contributed by atoms with E-state index in [4.69, 9.17) is 67.8 Å². The molecular formula is C18H17Cl4N5O6S. The van der Waals surface area contributed by atoms with E-state index in [1.807, 2.05) is 0 Å². The van der Waals surface area contributed by atoms with E-state index >= 15 is 0 Å². The highest BCUT2D eigenvalue weighted by Gasteiger charge is 2.26. The predicted molar refractivity (Wildman–Crippen MR) is 128 cm³/mol. The van der Waals surface area contributed by atoms with Crippen molar-refractivity contribution >= 4 is 87.0 Å². The molecule has 0 radical (unpaired) electrons. The van der Waals surface area contributed by atoms with E-state index in [1.165, 1.54) is 0 Å². The molecule has 34 heavy (non-hydrogen) atoms. The second-order valence-corrected chi connectivity index (χ2v) is 9.02. The first kappa shape index (κ1) is 29.8. The average molecular weight is 573 g/mol. The Morgan fingerprint density at radius 3 is 2.24 bits per heavy atom. The zero-order valence-corrected chi connectivity index (χ0v) is 20.8. The summed E-state index contributed by atoms with van der Waals surface area (Å²) in [5.41, 5.74) is 5.02. The van der Waals surface area contributed by atoms with Gasteiger partial charge < -0.3 is 26.6 Å². The number of carboxylic acids is 2. The van der Waals surface area contributed by atoms with Gasteiger partial charge in [0, 0.05) is 17.7 Å². The molecule has 2 atom stereocenters. The smallest absolute Gasteiger partial charge is 0.322 e. The summed E-state index contributed by atoms with van der Waals surface area (Å²) in [5, 5.41) is 38.4. The molecule has 11 nitrogen and oxygen atoms in total. The highest BCUT2D eigenvalue weighted by Crippen LogP contribution is 2.42. The number of carbonyl (C=O) groups excluding carboxylic acids is 2. The van der Waals surface area contributed by atoms with Crippen LogP contribution in [0.2, 0.25) is 20.1 Å². The van der Waals surface area contributed by atoms with Gasteiger partial charge in [0.2, 0.25) is 11.8 Å². The first-order valence-electron chi connectivity index (χ1n) is 9.06. The first-order chi connectivity index (χ1) is 15.8. The van der Waals surface area contributed by atoms with Crippen molar-refractivity contribution < 1.29 is 29.4 Å². The van der Waals surface area contributed by atoms with Crippen LogP contribution in [0.25, 0.3) is 0 Å². The molecular weight excluding hydrogens is 556 g/mol. The lowest BCUT2D eigenvalue weighted by molar-refractivity contribution is -0.139. The molecule has 1 aromatic carbocycles. The van der Waals surface area contributed by atoms with Crippen molar-refractivity contribution in [1.29, 1.82) is 10.7 Å². The van der Waals surface area contributed by atoms with Gasteiger partial charge in [-0.25, -0.2) is 0 Å². The number of carboxylic acid groups (broad SMARTS) is 2. The summed E-state index contributed by atoms with van der Waals surface area (Å²) < 4.78 is 0. The summed E-state index contributed by atoms with van der Waals surface area (Å²) in [5.74, 6) is -4.51. The van der Waals surface area contributed by atoms with Crippen LogP contribution in [0.3, 0.4) is 0 Å². The van der Waals surface area contributed by atoms with Crippen molar-refractivity contribution in [3.8, 4) is 6.07 Å². The predicted octanol–water partition coefficient (Wildman–Crippen LogP) is 2.11. The van der Waals surface area contributed by atoms with Gasteiger partial charge in [0.25, 0.3) is 0 Å². The molecule has 0 saturated heterocycles. The van der Waals surface area contributed by atoms with Gasteiger partial charge >= 0.3 is 11.9 Å². The van der Waals surface area contributed by atoms with E-state index in [-0.39, 0.29) is 54.9 Å². The maximum absolute atomic E-state index is 12.4. The Kier molecular flexibility index (Phi) is 11.9. The van der Waals surface area contributed by atoms with Gasteiger partial charge in [0.05, 0.1) is 30.7 Å². The summed E-state index contributed by atoms with van der Waals surface area (Å²) in [6.45, 7) is -0.729. The van der Waals surface area contributed by atoms with Crippen LogP contribution in [0.5, 0.6) is 0 Å². The first-order valence-corrected chi connectivity index (χ1v) is 11.6. The molecule has 1 rings (SSSR count). The average Bonchev–Trinajstić information content (AvgIpc) is 2.77. The Labute approximate surface area is 217 Å². The maximum atomic E-state index is 12.4. The largest absolute Gasteiger partial charge is 0.480 e. The van der Waals surface area contributed by atoms with Crippen LogP contribution in [-0.4, -0.2) is 63.4 Å². The molecule has 0 aliphatic carbocycles. The number of carbonyl (C=O) groups is 4. The van der Waals surface area contributed by atoms with Crippen molar-refractivity contribution in [2.75, 3.05) is 12.3 Å². The SMILES string of the molecule is N#Cc1c(Cl)c(Cl)c(Cl)c(C(=N)SC[C@H](NC(=O)CC[C@H](N)C(=O)O)C(=O)NCC(=O)O)c1Cl. The molecule has 0 aromatic heterocycles. The van der Waals surface area contributed by atoms with Crippen LogP contribution < -0.4 is 16.4 Å². The quantitative estimate of drug-likeness (QED) is 0.0991. The lowest BCUT2D eigenvalue weighted by atomic mass is 10.1. The van der Waals surface area contributed by atoms with Crippen molar-refractivity contribution in [1.82, 2.24) is 10.6 Å². The fourth-order valence-corrected chi connectivity index (χ4v) is 4.52. The second kappa shape index (κ2) is 13.6. The number of aliphatic carboxylic acids is 2. The molecule has 0 heterocycles. The zero-order valence-electron chi connectivity index (χ0n) is 17.0. The fourth-order valence-electron chi connectivity index (χ4n) is 2.32. The number of nitrogens with one attached hydrogen (secondary N) is 3. The van der Waals surface area contributed by atoms with E-state index in [2.05, 4.69) is 10.6 Å². The molecule has 0 unspecified atom stereocenters. The standard InChI is InChI=1S/C18H17Cl4N5O6S/c19-12-6(3-23)13(20)15(22)14(21)11(12)16(25)34-5-8(17(31)26-4-10(29)30)27-9(28)2-1-7(24)18(32)33/h7-8,25H,1-2,4-5,24H2,(H,26,31)(H,27,28)(H,29,30)(H,32,33)/t7-,8-/m0/s1. The third-order valence-electron chi connectivity index (χ3n) is 4.06. The Hall–Kier alpha value is -2.27. The maximum Gasteiger partial charge on any atom is 0.322 e. The molecule has 184 valence electrons. The van der Waals surface area contributed by atoms with Crippen molar-refractivity contribution in [2.24, 2.45) is 5.73 Å².